The third-order valence-corrected chi connectivity index (χ3v) is 1.60. The van der Waals surface area contributed by atoms with Crippen LogP contribution in [0.25, 0.3) is 0 Å². The Bertz CT molecular complexity index is 204. The van der Waals surface area contributed by atoms with E-state index in [0.717, 1.165) is 0 Å². The van der Waals surface area contributed by atoms with Crippen LogP contribution in [0, 0.1) is 0 Å². The third-order valence-electron chi connectivity index (χ3n) is 1.60. The summed E-state index contributed by atoms with van der Waals surface area (Å²) in [5.41, 5.74) is 0. The van der Waals surface area contributed by atoms with E-state index in [0.29, 0.717) is 0 Å². The number of hydrogen-bond donors (Lipinski definition) is 4. The van der Waals surface area contributed by atoms with E-state index in [-0.39, 0.29) is 0 Å². The number of rotatable bonds is 2. The summed E-state index contributed by atoms with van der Waals surface area (Å²) in [6.45, 7) is 0. The molecule has 0 amide bonds. The quantitative estimate of drug-likeness (QED) is 0.346. The summed E-state index contributed by atoms with van der Waals surface area (Å²) in [6.07, 6.45) is 0. The van der Waals surface area contributed by atoms with Crippen LogP contribution in [0.5, 0.6) is 0 Å². The van der Waals surface area contributed by atoms with Gasteiger partial charge in [0.25, 0.3) is 0 Å². The first-order chi connectivity index (χ1) is 8.02. The van der Waals surface area contributed by atoms with Crippen LogP contribution in [-0.4, -0.2) is 64.0 Å². The minimum atomic E-state index is -1.78. The molecule has 0 aromatic carbocycles. The van der Waals surface area contributed by atoms with Crippen molar-refractivity contribution in [3.8, 4) is 0 Å². The lowest BCUT2D eigenvalue weighted by Crippen LogP contribution is -2.57. The molecule has 4 N–H and O–H groups in total. The van der Waals surface area contributed by atoms with Crippen LogP contribution >= 0.6 is 0 Å². The Morgan fingerprint density at radius 3 is 1.12 bits per heavy atom. The highest BCUT2D eigenvalue weighted by atomic mass is 16.9. The van der Waals surface area contributed by atoms with Gasteiger partial charge < -0.3 is 52.1 Å². The van der Waals surface area contributed by atoms with E-state index >= 15 is 0 Å². The van der Waals surface area contributed by atoms with Gasteiger partial charge in [0, 0.05) is 0 Å². The Morgan fingerprint density at radius 2 is 0.824 bits per heavy atom. The SMILES string of the molecule is OB1OB(O)OB(OB2OB(O)OB(O)O2)O1. The fourth-order valence-electron chi connectivity index (χ4n) is 0.991. The molecule has 0 atom stereocenters. The molecule has 2 rings (SSSR count). The Kier molecular flexibility index (Phi) is 4.51. The maximum atomic E-state index is 8.91. The molecule has 0 radical (unpaired) electrons. The van der Waals surface area contributed by atoms with Crippen LogP contribution in [0.1, 0.15) is 0 Å². The summed E-state index contributed by atoms with van der Waals surface area (Å²) in [5, 5.41) is 35.7. The maximum absolute atomic E-state index is 8.91. The summed E-state index contributed by atoms with van der Waals surface area (Å²) in [6, 6.07) is 0. The zero-order valence-electron chi connectivity index (χ0n) is 8.11. The summed E-state index contributed by atoms with van der Waals surface area (Å²) in [4.78, 5) is 0. The van der Waals surface area contributed by atoms with Crippen molar-refractivity contribution in [2.24, 2.45) is 0 Å². The van der Waals surface area contributed by atoms with Crippen molar-refractivity contribution in [3.63, 3.8) is 0 Å². The average Bonchev–Trinajstić information content (AvgIpc) is 2.13. The maximum Gasteiger partial charge on any atom is 0.612 e. The summed E-state index contributed by atoms with van der Waals surface area (Å²) >= 11 is 0. The van der Waals surface area contributed by atoms with Gasteiger partial charge in [-0.15, -0.1) is 0 Å². The van der Waals surface area contributed by atoms with Crippen molar-refractivity contribution in [3.05, 3.63) is 0 Å². The Hall–Kier alpha value is -0.0504. The summed E-state index contributed by atoms with van der Waals surface area (Å²) in [5.74, 6) is 0. The van der Waals surface area contributed by atoms with E-state index in [1.807, 2.05) is 0 Å². The van der Waals surface area contributed by atoms with Crippen LogP contribution < -0.4 is 0 Å². The first-order valence-electron chi connectivity index (χ1n) is 4.33. The highest BCUT2D eigenvalue weighted by Gasteiger charge is 2.50. The van der Waals surface area contributed by atoms with Crippen molar-refractivity contribution in [2.45, 2.75) is 0 Å². The molecule has 2 heterocycles. The molecule has 0 spiro atoms. The van der Waals surface area contributed by atoms with Crippen LogP contribution in [0.2, 0.25) is 0 Å². The predicted octanol–water partition coefficient (Wildman–Crippen LogP) is -4.99. The Labute approximate surface area is 96.9 Å². The van der Waals surface area contributed by atoms with Gasteiger partial charge in [-0.25, -0.2) is 0 Å². The molecule has 11 nitrogen and oxygen atoms in total. The molecule has 0 aromatic heterocycles. The minimum absolute atomic E-state index is 1.60. The van der Waals surface area contributed by atoms with Gasteiger partial charge in [0.15, 0.2) is 0 Å². The largest absolute Gasteiger partial charge is 0.612 e. The summed E-state index contributed by atoms with van der Waals surface area (Å²) in [7, 11) is -10.3. The normalized spacial score (nSPS) is 22.6. The standard InChI is InChI=1S/B6H4O11/c7-1-11-2(8)14-5(13-1)17-6-15-3(9)12-4(10)16-6/h7-10H. The smallest absolute Gasteiger partial charge is 0.403 e. The molecule has 17 heteroatoms. The van der Waals surface area contributed by atoms with E-state index in [1.165, 1.54) is 0 Å². The van der Waals surface area contributed by atoms with E-state index < -0.39 is 43.9 Å². The Morgan fingerprint density at radius 1 is 0.529 bits per heavy atom. The second-order valence-electron chi connectivity index (χ2n) is 2.76. The lowest BCUT2D eigenvalue weighted by Gasteiger charge is -2.28. The van der Waals surface area contributed by atoms with Crippen LogP contribution in [0.15, 0.2) is 0 Å². The van der Waals surface area contributed by atoms with E-state index in [2.05, 4.69) is 27.4 Å². The molecular weight excluding hydrogens is 241 g/mol. The van der Waals surface area contributed by atoms with Gasteiger partial charge in [-0.3, -0.25) is 0 Å². The average molecular weight is 245 g/mol. The highest BCUT2D eigenvalue weighted by Crippen LogP contribution is 2.11. The first-order valence-corrected chi connectivity index (χ1v) is 4.33. The molecule has 0 saturated carbocycles. The minimum Gasteiger partial charge on any atom is -0.403 e. The van der Waals surface area contributed by atoms with Crippen molar-refractivity contribution < 1.29 is 52.1 Å². The van der Waals surface area contributed by atoms with E-state index in [4.69, 9.17) is 24.7 Å². The summed E-state index contributed by atoms with van der Waals surface area (Å²) < 4.78 is 31.2. The van der Waals surface area contributed by atoms with Crippen LogP contribution in [0.3, 0.4) is 0 Å². The van der Waals surface area contributed by atoms with Crippen LogP contribution in [-0.2, 0) is 32.0 Å². The van der Waals surface area contributed by atoms with Gasteiger partial charge in [-0.05, 0) is 0 Å². The van der Waals surface area contributed by atoms with Crippen molar-refractivity contribution in [1.82, 2.24) is 0 Å². The van der Waals surface area contributed by atoms with E-state index in [1.54, 1.807) is 0 Å². The molecular formula is H4B6O11. The molecule has 0 aromatic rings. The monoisotopic (exact) mass is 246 g/mol. The number of hydrogen-bond acceptors (Lipinski definition) is 11. The molecule has 2 aliphatic rings. The molecule has 88 valence electrons. The predicted molar refractivity (Wildman–Crippen MR) is 51.0 cm³/mol. The highest BCUT2D eigenvalue weighted by molar-refractivity contribution is 6.72. The van der Waals surface area contributed by atoms with Crippen LogP contribution in [0.4, 0.5) is 0 Å². The fraction of sp³-hybridized carbons (Fsp3) is 0. The van der Waals surface area contributed by atoms with Gasteiger partial charge in [-0.1, -0.05) is 0 Å². The van der Waals surface area contributed by atoms with Gasteiger partial charge in [0.1, 0.15) is 0 Å². The molecule has 2 aliphatic heterocycles. The lowest BCUT2D eigenvalue weighted by molar-refractivity contribution is 0.0996. The molecule has 0 unspecified atom stereocenters. The zero-order valence-corrected chi connectivity index (χ0v) is 8.11. The van der Waals surface area contributed by atoms with Gasteiger partial charge in [0.2, 0.25) is 0 Å². The second-order valence-corrected chi connectivity index (χ2v) is 2.76. The first kappa shape index (κ1) is 13.4. The van der Waals surface area contributed by atoms with Crippen molar-refractivity contribution in [1.29, 1.82) is 0 Å². The molecule has 2 fully saturated rings. The van der Waals surface area contributed by atoms with Crippen molar-refractivity contribution >= 4 is 43.9 Å². The lowest BCUT2D eigenvalue weighted by atomic mass is 9.92. The third kappa shape index (κ3) is 3.97. The van der Waals surface area contributed by atoms with Gasteiger partial charge in [-0.2, -0.15) is 0 Å². The van der Waals surface area contributed by atoms with E-state index in [9.17, 15) is 0 Å². The molecule has 17 heavy (non-hydrogen) atoms. The second kappa shape index (κ2) is 5.73. The van der Waals surface area contributed by atoms with Crippen molar-refractivity contribution in [2.75, 3.05) is 0 Å². The topological polar surface area (TPSA) is 146 Å². The van der Waals surface area contributed by atoms with Gasteiger partial charge >= 0.3 is 43.9 Å². The molecule has 0 bridgehead atoms. The fourth-order valence-corrected chi connectivity index (χ4v) is 0.991. The zero-order chi connectivity index (χ0) is 12.4. The molecule has 0 aliphatic carbocycles. The Balaban J connectivity index is 1.83. The van der Waals surface area contributed by atoms with Gasteiger partial charge in [0.05, 0.1) is 0 Å². The molecule has 2 saturated heterocycles.